The number of aliphatic hydroxyl groups is 4. The summed E-state index contributed by atoms with van der Waals surface area (Å²) >= 11 is 0. The molecule has 0 bridgehead atoms. The molecule has 4 unspecified atom stereocenters. The largest absolute Gasteiger partial charge is 0.394 e. The fourth-order valence-electron chi connectivity index (χ4n) is 8.64. The molecule has 0 rings (SSSR count). The molecule has 0 spiro atoms. The zero-order valence-corrected chi connectivity index (χ0v) is 42.1. The van der Waals surface area contributed by atoms with E-state index in [0.717, 1.165) is 44.9 Å². The lowest BCUT2D eigenvalue weighted by Crippen LogP contribution is -2.53. The molecule has 4 atom stereocenters. The van der Waals surface area contributed by atoms with Gasteiger partial charge in [-0.25, -0.2) is 0 Å². The molecule has 372 valence electrons. The van der Waals surface area contributed by atoms with Crippen LogP contribution in [0.25, 0.3) is 0 Å². The van der Waals surface area contributed by atoms with Crippen molar-refractivity contribution in [3.8, 4) is 0 Å². The lowest BCUT2D eigenvalue weighted by atomic mass is 10.00. The monoisotopic (exact) mass is 888 g/mol. The van der Waals surface area contributed by atoms with Gasteiger partial charge >= 0.3 is 0 Å². The minimum absolute atomic E-state index is 0.362. The van der Waals surface area contributed by atoms with Crippen LogP contribution in [-0.4, -0.2) is 57.3 Å². The van der Waals surface area contributed by atoms with Gasteiger partial charge in [-0.1, -0.05) is 256 Å². The van der Waals surface area contributed by atoms with E-state index in [1.165, 1.54) is 212 Å². The highest BCUT2D eigenvalue weighted by molar-refractivity contribution is 5.80. The summed E-state index contributed by atoms with van der Waals surface area (Å²) in [5.74, 6) is -0.596. The molecule has 0 heterocycles. The number of rotatable bonds is 51. The van der Waals surface area contributed by atoms with Gasteiger partial charge in [-0.3, -0.25) is 4.79 Å². The number of nitrogens with one attached hydrogen (secondary N) is 1. The van der Waals surface area contributed by atoms with Gasteiger partial charge in [-0.2, -0.15) is 0 Å². The van der Waals surface area contributed by atoms with Gasteiger partial charge in [0.25, 0.3) is 0 Å². The van der Waals surface area contributed by atoms with Crippen molar-refractivity contribution in [3.63, 3.8) is 0 Å². The number of amides is 1. The Morgan fingerprint density at radius 2 is 0.683 bits per heavy atom. The minimum atomic E-state index is -1.29. The van der Waals surface area contributed by atoms with E-state index in [9.17, 15) is 25.2 Å². The number of carbonyl (C=O) groups is 1. The standard InChI is InChI=1S/C57H109NO5/c1-3-5-7-9-11-13-15-16-17-18-19-20-21-22-23-24-25-26-27-28-29-30-31-32-33-34-35-36-37-38-39-41-43-45-47-49-51-55(61)57(63)58-53(52-59)56(62)54(60)50-48-46-44-42-40-14-12-10-8-6-4-2/h10,12,26-27,42,44,53-56,59-62H,3-9,11,13-25,28-41,43,45-52H2,1-2H3,(H,58,63)/b12-10+,27-26-,44-42+. The SMILES string of the molecule is CCCC/C=C/CC/C=C/CCCC(O)C(O)C(CO)NC(=O)C(O)CCCCCCCCCCCCCCCCCC/C=C\CCCCCCCCCCCCCCCCCC. The highest BCUT2D eigenvalue weighted by Gasteiger charge is 2.28. The molecule has 0 aromatic carbocycles. The van der Waals surface area contributed by atoms with E-state index in [1.54, 1.807) is 0 Å². The van der Waals surface area contributed by atoms with E-state index >= 15 is 0 Å². The second-order valence-corrected chi connectivity index (χ2v) is 19.3. The fourth-order valence-corrected chi connectivity index (χ4v) is 8.64. The van der Waals surface area contributed by atoms with Crippen molar-refractivity contribution in [2.75, 3.05) is 6.61 Å². The number of allylic oxidation sites excluding steroid dienone is 6. The smallest absolute Gasteiger partial charge is 0.249 e. The molecule has 0 aromatic heterocycles. The summed E-state index contributed by atoms with van der Waals surface area (Å²) in [5.41, 5.74) is 0. The van der Waals surface area contributed by atoms with Crippen molar-refractivity contribution in [1.82, 2.24) is 5.32 Å². The summed E-state index contributed by atoms with van der Waals surface area (Å²) in [5, 5.41) is 43.7. The molecule has 0 aliphatic rings. The van der Waals surface area contributed by atoms with Crippen molar-refractivity contribution < 1.29 is 25.2 Å². The highest BCUT2D eigenvalue weighted by atomic mass is 16.3. The van der Waals surface area contributed by atoms with Crippen molar-refractivity contribution in [2.45, 2.75) is 314 Å². The first-order chi connectivity index (χ1) is 31.0. The van der Waals surface area contributed by atoms with E-state index < -0.39 is 36.9 Å². The molecule has 0 aromatic rings. The van der Waals surface area contributed by atoms with Crippen LogP contribution in [0.3, 0.4) is 0 Å². The second kappa shape index (κ2) is 51.5. The van der Waals surface area contributed by atoms with Gasteiger partial charge in [0.2, 0.25) is 5.91 Å². The van der Waals surface area contributed by atoms with Gasteiger partial charge in [-0.15, -0.1) is 0 Å². The molecule has 1 amide bonds. The third-order valence-electron chi connectivity index (χ3n) is 13.1. The molecule has 63 heavy (non-hydrogen) atoms. The van der Waals surface area contributed by atoms with E-state index in [-0.39, 0.29) is 0 Å². The minimum Gasteiger partial charge on any atom is -0.394 e. The Bertz CT molecular complexity index is 997. The first-order valence-corrected chi connectivity index (χ1v) is 27.9. The third kappa shape index (κ3) is 45.5. The molecule has 0 aliphatic heterocycles. The van der Waals surface area contributed by atoms with Crippen LogP contribution in [-0.2, 0) is 4.79 Å². The van der Waals surface area contributed by atoms with Crippen molar-refractivity contribution in [3.05, 3.63) is 36.5 Å². The van der Waals surface area contributed by atoms with E-state index in [2.05, 4.69) is 55.6 Å². The average molecular weight is 889 g/mol. The van der Waals surface area contributed by atoms with Gasteiger partial charge < -0.3 is 25.7 Å². The van der Waals surface area contributed by atoms with Crippen LogP contribution in [0, 0.1) is 0 Å². The quantitative estimate of drug-likeness (QED) is 0.0309. The Kier molecular flexibility index (Phi) is 50.3. The van der Waals surface area contributed by atoms with E-state index in [4.69, 9.17) is 0 Å². The van der Waals surface area contributed by atoms with Crippen LogP contribution < -0.4 is 5.32 Å². The van der Waals surface area contributed by atoms with Crippen LogP contribution in [0.15, 0.2) is 36.5 Å². The zero-order chi connectivity index (χ0) is 45.9. The summed E-state index contributed by atoms with van der Waals surface area (Å²) in [7, 11) is 0. The summed E-state index contributed by atoms with van der Waals surface area (Å²) in [6.07, 6.45) is 63.9. The Morgan fingerprint density at radius 1 is 0.381 bits per heavy atom. The van der Waals surface area contributed by atoms with Gasteiger partial charge in [-0.05, 0) is 70.6 Å². The van der Waals surface area contributed by atoms with Crippen LogP contribution in [0.2, 0.25) is 0 Å². The maximum atomic E-state index is 12.5. The highest BCUT2D eigenvalue weighted by Crippen LogP contribution is 2.17. The summed E-state index contributed by atoms with van der Waals surface area (Å²) in [6.45, 7) is 4.00. The van der Waals surface area contributed by atoms with Crippen LogP contribution in [0.1, 0.15) is 290 Å². The molecular formula is C57H109NO5. The molecule has 0 aliphatic carbocycles. The molecular weight excluding hydrogens is 779 g/mol. The average Bonchev–Trinajstić information content (AvgIpc) is 3.29. The molecule has 6 heteroatoms. The number of hydrogen-bond donors (Lipinski definition) is 5. The van der Waals surface area contributed by atoms with Gasteiger partial charge in [0.15, 0.2) is 0 Å². The van der Waals surface area contributed by atoms with Gasteiger partial charge in [0, 0.05) is 0 Å². The predicted molar refractivity (Wildman–Crippen MR) is 274 cm³/mol. The van der Waals surface area contributed by atoms with Gasteiger partial charge in [0.1, 0.15) is 12.2 Å². The Balaban J connectivity index is 3.52. The van der Waals surface area contributed by atoms with Crippen molar-refractivity contribution in [1.29, 1.82) is 0 Å². The third-order valence-corrected chi connectivity index (χ3v) is 13.1. The predicted octanol–water partition coefficient (Wildman–Crippen LogP) is 16.0. The normalized spacial score (nSPS) is 14.1. The maximum Gasteiger partial charge on any atom is 0.249 e. The number of carbonyl (C=O) groups excluding carboxylic acids is 1. The molecule has 0 fully saturated rings. The van der Waals surface area contributed by atoms with Gasteiger partial charge in [0.05, 0.1) is 18.8 Å². The lowest BCUT2D eigenvalue weighted by molar-refractivity contribution is -0.132. The zero-order valence-electron chi connectivity index (χ0n) is 42.1. The first kappa shape index (κ1) is 61.5. The summed E-state index contributed by atoms with van der Waals surface area (Å²) in [4.78, 5) is 12.5. The van der Waals surface area contributed by atoms with Crippen LogP contribution in [0.5, 0.6) is 0 Å². The summed E-state index contributed by atoms with van der Waals surface area (Å²) in [6, 6.07) is -1.01. The second-order valence-electron chi connectivity index (χ2n) is 19.3. The fraction of sp³-hybridized carbons (Fsp3) is 0.877. The number of aliphatic hydroxyl groups excluding tert-OH is 4. The number of unbranched alkanes of at least 4 members (excludes halogenated alkanes) is 36. The first-order valence-electron chi connectivity index (χ1n) is 27.9. The molecule has 0 saturated carbocycles. The van der Waals surface area contributed by atoms with Crippen molar-refractivity contribution >= 4 is 5.91 Å². The topological polar surface area (TPSA) is 110 Å². The summed E-state index contributed by atoms with van der Waals surface area (Å²) < 4.78 is 0. The Morgan fingerprint density at radius 3 is 1.05 bits per heavy atom. The molecule has 6 nitrogen and oxygen atoms in total. The van der Waals surface area contributed by atoms with E-state index in [1.807, 2.05) is 0 Å². The Hall–Kier alpha value is -1.47. The molecule has 5 N–H and O–H groups in total. The van der Waals surface area contributed by atoms with Crippen LogP contribution >= 0.6 is 0 Å². The molecule has 0 saturated heterocycles. The van der Waals surface area contributed by atoms with Crippen molar-refractivity contribution in [2.24, 2.45) is 0 Å². The maximum absolute atomic E-state index is 12.5. The Labute approximate surface area is 392 Å². The lowest BCUT2D eigenvalue weighted by Gasteiger charge is -2.27. The molecule has 0 radical (unpaired) electrons. The van der Waals surface area contributed by atoms with Crippen LogP contribution in [0.4, 0.5) is 0 Å². The van der Waals surface area contributed by atoms with E-state index in [0.29, 0.717) is 19.3 Å². The number of hydrogen-bond acceptors (Lipinski definition) is 5.